The van der Waals surface area contributed by atoms with Crippen molar-refractivity contribution in [3.8, 4) is 0 Å². The molecule has 0 heterocycles. The third kappa shape index (κ3) is 4.97. The van der Waals surface area contributed by atoms with E-state index >= 15 is 0 Å². The molecule has 20 heavy (non-hydrogen) atoms. The van der Waals surface area contributed by atoms with Crippen LogP contribution >= 0.6 is 0 Å². The highest BCUT2D eigenvalue weighted by Crippen LogP contribution is 2.23. The molecule has 1 unspecified atom stereocenters. The monoisotopic (exact) mass is 288 g/mol. The molecule has 0 aromatic heterocycles. The number of ether oxygens (including phenoxy) is 1. The molecule has 0 aliphatic heterocycles. The number of aliphatic carboxylic acids is 1. The Balaban J connectivity index is 2.60. The van der Waals surface area contributed by atoms with Crippen molar-refractivity contribution in [2.24, 2.45) is 0 Å². The molecule has 0 spiro atoms. The van der Waals surface area contributed by atoms with Crippen molar-refractivity contribution in [1.29, 1.82) is 0 Å². The molecular formula is C13H24N2O5. The van der Waals surface area contributed by atoms with Gasteiger partial charge in [0.1, 0.15) is 6.04 Å². The number of carbonyl (C=O) groups excluding carboxylic acids is 1. The summed E-state index contributed by atoms with van der Waals surface area (Å²) in [6.07, 6.45) is 4.15. The molecule has 1 saturated carbocycles. The molecular weight excluding hydrogens is 264 g/mol. The minimum Gasteiger partial charge on any atom is -0.480 e. The molecule has 0 aromatic carbocycles. The van der Waals surface area contributed by atoms with E-state index in [-0.39, 0.29) is 32.2 Å². The molecule has 0 saturated heterocycles. The highest BCUT2D eigenvalue weighted by atomic mass is 16.5. The van der Waals surface area contributed by atoms with Gasteiger partial charge in [-0.15, -0.1) is 0 Å². The van der Waals surface area contributed by atoms with Gasteiger partial charge in [-0.3, -0.25) is 0 Å². The molecule has 7 nitrogen and oxygen atoms in total. The number of urea groups is 1. The zero-order valence-corrected chi connectivity index (χ0v) is 11.9. The van der Waals surface area contributed by atoms with E-state index in [4.69, 9.17) is 14.9 Å². The van der Waals surface area contributed by atoms with Gasteiger partial charge in [0.15, 0.2) is 0 Å². The fourth-order valence-corrected chi connectivity index (χ4v) is 2.50. The van der Waals surface area contributed by atoms with Crippen LogP contribution < -0.4 is 5.32 Å². The molecule has 7 heteroatoms. The number of methoxy groups -OCH3 is 1. The van der Waals surface area contributed by atoms with Crippen LogP contribution in [0.2, 0.25) is 0 Å². The van der Waals surface area contributed by atoms with E-state index < -0.39 is 18.0 Å². The Kier molecular flexibility index (Phi) is 7.32. The molecule has 1 rings (SSSR count). The number of hydrogen-bond donors (Lipinski definition) is 3. The van der Waals surface area contributed by atoms with Crippen molar-refractivity contribution < 1.29 is 24.5 Å². The first-order chi connectivity index (χ1) is 9.60. The van der Waals surface area contributed by atoms with Crippen LogP contribution in [0.3, 0.4) is 0 Å². The number of rotatable bonds is 8. The van der Waals surface area contributed by atoms with E-state index in [1.54, 1.807) is 4.90 Å². The maximum absolute atomic E-state index is 12.2. The van der Waals surface area contributed by atoms with Gasteiger partial charge in [0.25, 0.3) is 0 Å². The lowest BCUT2D eigenvalue weighted by Crippen LogP contribution is -2.52. The minimum absolute atomic E-state index is 0.0963. The molecule has 3 N–H and O–H groups in total. The molecule has 2 amide bonds. The number of nitrogens with one attached hydrogen (secondary N) is 1. The molecule has 1 fully saturated rings. The van der Waals surface area contributed by atoms with Crippen LogP contribution in [0.5, 0.6) is 0 Å². The van der Waals surface area contributed by atoms with Gasteiger partial charge in [0.05, 0.1) is 6.61 Å². The first-order valence-electron chi connectivity index (χ1n) is 7.00. The number of carboxylic acids is 1. The third-order valence-corrected chi connectivity index (χ3v) is 3.57. The first kappa shape index (κ1) is 16.7. The van der Waals surface area contributed by atoms with Crippen LogP contribution in [-0.2, 0) is 9.53 Å². The van der Waals surface area contributed by atoms with E-state index in [0.717, 1.165) is 25.7 Å². The number of amides is 2. The second kappa shape index (κ2) is 8.76. The predicted molar refractivity (Wildman–Crippen MR) is 72.5 cm³/mol. The van der Waals surface area contributed by atoms with E-state index in [0.29, 0.717) is 0 Å². The zero-order chi connectivity index (χ0) is 15.0. The van der Waals surface area contributed by atoms with E-state index in [1.165, 1.54) is 7.11 Å². The Morgan fingerprint density at radius 1 is 1.40 bits per heavy atom. The van der Waals surface area contributed by atoms with Crippen molar-refractivity contribution in [2.75, 3.05) is 26.9 Å². The third-order valence-electron chi connectivity index (χ3n) is 3.57. The topological polar surface area (TPSA) is 99.1 Å². The van der Waals surface area contributed by atoms with Gasteiger partial charge < -0.3 is 25.2 Å². The van der Waals surface area contributed by atoms with Gasteiger partial charge >= 0.3 is 12.0 Å². The smallest absolute Gasteiger partial charge is 0.326 e. The van der Waals surface area contributed by atoms with Crippen molar-refractivity contribution >= 4 is 12.0 Å². The summed E-state index contributed by atoms with van der Waals surface area (Å²) in [6.45, 7) is 0.369. The second-order valence-electron chi connectivity index (χ2n) is 4.98. The number of hydrogen-bond acceptors (Lipinski definition) is 4. The van der Waals surface area contributed by atoms with Gasteiger partial charge in [0, 0.05) is 32.7 Å². The number of nitrogens with zero attached hydrogens (tertiary/aromatic N) is 1. The quantitative estimate of drug-likeness (QED) is 0.601. The Hall–Kier alpha value is -1.34. The number of carboxylic acid groups (broad SMARTS) is 1. The molecule has 0 radical (unpaired) electrons. The van der Waals surface area contributed by atoms with E-state index in [9.17, 15) is 9.59 Å². The predicted octanol–water partition coefficient (Wildman–Crippen LogP) is 0.423. The highest BCUT2D eigenvalue weighted by Gasteiger charge is 2.29. The summed E-state index contributed by atoms with van der Waals surface area (Å²) in [6, 6.07) is -1.29. The summed E-state index contributed by atoms with van der Waals surface area (Å²) in [4.78, 5) is 24.9. The largest absolute Gasteiger partial charge is 0.480 e. The summed E-state index contributed by atoms with van der Waals surface area (Å²) in [5, 5.41) is 20.7. The fourth-order valence-electron chi connectivity index (χ4n) is 2.50. The average molecular weight is 288 g/mol. The van der Waals surface area contributed by atoms with Crippen LogP contribution in [0.4, 0.5) is 4.79 Å². The van der Waals surface area contributed by atoms with Gasteiger partial charge in [0.2, 0.25) is 0 Å². The second-order valence-corrected chi connectivity index (χ2v) is 4.98. The molecule has 0 bridgehead atoms. The molecule has 116 valence electrons. The summed E-state index contributed by atoms with van der Waals surface area (Å²) in [5.74, 6) is -1.08. The lowest BCUT2D eigenvalue weighted by atomic mass is 10.2. The average Bonchev–Trinajstić information content (AvgIpc) is 2.93. The number of carbonyl (C=O) groups is 2. The lowest BCUT2D eigenvalue weighted by molar-refractivity contribution is -0.139. The molecule has 1 aliphatic carbocycles. The van der Waals surface area contributed by atoms with Gasteiger partial charge in [-0.25, -0.2) is 9.59 Å². The normalized spacial score (nSPS) is 16.9. The molecule has 1 aliphatic rings. The summed E-state index contributed by atoms with van der Waals surface area (Å²) < 4.78 is 4.84. The number of aliphatic hydroxyl groups excluding tert-OH is 1. The van der Waals surface area contributed by atoms with Crippen molar-refractivity contribution in [1.82, 2.24) is 10.2 Å². The minimum atomic E-state index is -1.08. The van der Waals surface area contributed by atoms with Gasteiger partial charge in [-0.05, 0) is 12.8 Å². The summed E-state index contributed by atoms with van der Waals surface area (Å²) in [5.41, 5.74) is 0. The van der Waals surface area contributed by atoms with Gasteiger partial charge in [-0.2, -0.15) is 0 Å². The SMILES string of the molecule is COCCC(NC(=O)N(CCO)C1CCCC1)C(=O)O. The lowest BCUT2D eigenvalue weighted by Gasteiger charge is -2.29. The zero-order valence-electron chi connectivity index (χ0n) is 11.9. The van der Waals surface area contributed by atoms with Crippen LogP contribution in [0.15, 0.2) is 0 Å². The van der Waals surface area contributed by atoms with E-state index in [2.05, 4.69) is 5.32 Å². The van der Waals surface area contributed by atoms with Gasteiger partial charge in [-0.1, -0.05) is 12.8 Å². The van der Waals surface area contributed by atoms with Crippen molar-refractivity contribution in [3.05, 3.63) is 0 Å². The van der Waals surface area contributed by atoms with E-state index in [1.807, 2.05) is 0 Å². The maximum Gasteiger partial charge on any atom is 0.326 e. The first-order valence-corrected chi connectivity index (χ1v) is 7.00. The molecule has 1 atom stereocenters. The summed E-state index contributed by atoms with van der Waals surface area (Å²) >= 11 is 0. The van der Waals surface area contributed by atoms with Crippen molar-refractivity contribution in [3.63, 3.8) is 0 Å². The van der Waals surface area contributed by atoms with Crippen LogP contribution in [0, 0.1) is 0 Å². The van der Waals surface area contributed by atoms with Crippen molar-refractivity contribution in [2.45, 2.75) is 44.2 Å². The highest BCUT2D eigenvalue weighted by molar-refractivity contribution is 5.82. The Morgan fingerprint density at radius 2 is 2.05 bits per heavy atom. The Bertz CT molecular complexity index is 318. The van der Waals surface area contributed by atoms with Crippen LogP contribution in [-0.4, -0.2) is 66.1 Å². The Morgan fingerprint density at radius 3 is 2.55 bits per heavy atom. The van der Waals surface area contributed by atoms with Crippen LogP contribution in [0.25, 0.3) is 0 Å². The number of aliphatic hydroxyl groups is 1. The Labute approximate surface area is 118 Å². The summed E-state index contributed by atoms with van der Waals surface area (Å²) in [7, 11) is 1.48. The maximum atomic E-state index is 12.2. The van der Waals surface area contributed by atoms with Crippen LogP contribution in [0.1, 0.15) is 32.1 Å². The molecule has 0 aromatic rings. The standard InChI is InChI=1S/C13H24N2O5/c1-20-9-6-11(12(17)18)14-13(19)15(7-8-16)10-4-2-3-5-10/h10-11,16H,2-9H2,1H3,(H,14,19)(H,17,18). The fraction of sp³-hybridized carbons (Fsp3) is 0.846.